The third-order valence-corrected chi connectivity index (χ3v) is 4.01. The Labute approximate surface area is 182 Å². The van der Waals surface area contributed by atoms with Crippen molar-refractivity contribution in [2.75, 3.05) is 20.2 Å². The standard InChI is InChI=1S/C20H26N4O3.HI/c1-4-21-20(23-14-16-6-5-7-18(13-16)24(25)26)22-11-10-17-12-15(2)8-9-19(17)27-3;/h5-9,12-13H,4,10-11,14H2,1-3H3,(H2,21,22,23);1H. The van der Waals surface area contributed by atoms with Crippen molar-refractivity contribution in [1.29, 1.82) is 0 Å². The smallest absolute Gasteiger partial charge is 0.269 e. The summed E-state index contributed by atoms with van der Waals surface area (Å²) in [5.41, 5.74) is 3.20. The normalized spacial score (nSPS) is 10.8. The summed E-state index contributed by atoms with van der Waals surface area (Å²) in [5.74, 6) is 1.55. The molecule has 2 aromatic rings. The lowest BCUT2D eigenvalue weighted by Gasteiger charge is -2.13. The Balaban J connectivity index is 0.00000392. The summed E-state index contributed by atoms with van der Waals surface area (Å²) >= 11 is 0. The number of nitro benzene ring substituents is 1. The van der Waals surface area contributed by atoms with Crippen LogP contribution in [-0.4, -0.2) is 31.1 Å². The molecule has 152 valence electrons. The van der Waals surface area contributed by atoms with E-state index in [1.54, 1.807) is 19.2 Å². The number of aliphatic imine (C=N–C) groups is 1. The van der Waals surface area contributed by atoms with Gasteiger partial charge in [-0.1, -0.05) is 29.8 Å². The van der Waals surface area contributed by atoms with E-state index in [0.29, 0.717) is 19.0 Å². The number of ether oxygens (including phenoxy) is 1. The van der Waals surface area contributed by atoms with Gasteiger partial charge in [0.1, 0.15) is 5.75 Å². The minimum absolute atomic E-state index is 0. The van der Waals surface area contributed by atoms with Crippen LogP contribution >= 0.6 is 24.0 Å². The van der Waals surface area contributed by atoms with Gasteiger partial charge in [0.15, 0.2) is 5.96 Å². The fourth-order valence-electron chi connectivity index (χ4n) is 2.70. The molecule has 0 aliphatic heterocycles. The predicted molar refractivity (Wildman–Crippen MR) is 123 cm³/mol. The van der Waals surface area contributed by atoms with Gasteiger partial charge in [0.25, 0.3) is 5.69 Å². The largest absolute Gasteiger partial charge is 0.496 e. The number of nitro groups is 1. The molecule has 0 aliphatic carbocycles. The number of hydrogen-bond donors (Lipinski definition) is 2. The van der Waals surface area contributed by atoms with Gasteiger partial charge < -0.3 is 15.4 Å². The van der Waals surface area contributed by atoms with Gasteiger partial charge in [-0.15, -0.1) is 24.0 Å². The van der Waals surface area contributed by atoms with Crippen LogP contribution in [0.5, 0.6) is 5.75 Å². The van der Waals surface area contributed by atoms with Crippen molar-refractivity contribution >= 4 is 35.6 Å². The van der Waals surface area contributed by atoms with Crippen LogP contribution in [0, 0.1) is 17.0 Å². The number of non-ortho nitro benzene ring substituents is 1. The number of nitrogens with zero attached hydrogens (tertiary/aromatic N) is 2. The molecule has 0 heterocycles. The van der Waals surface area contributed by atoms with Crippen LogP contribution < -0.4 is 15.4 Å². The van der Waals surface area contributed by atoms with Crippen LogP contribution in [0.25, 0.3) is 0 Å². The zero-order valence-electron chi connectivity index (χ0n) is 16.4. The second-order valence-corrected chi connectivity index (χ2v) is 6.11. The molecule has 0 spiro atoms. The molecule has 2 N–H and O–H groups in total. The molecule has 0 fully saturated rings. The Kier molecular flexibility index (Phi) is 10.3. The molecule has 0 saturated heterocycles. The summed E-state index contributed by atoms with van der Waals surface area (Å²) in [6.45, 7) is 5.84. The number of rotatable bonds is 8. The van der Waals surface area contributed by atoms with Crippen LogP contribution in [0.4, 0.5) is 5.69 Å². The van der Waals surface area contributed by atoms with Crippen molar-refractivity contribution in [2.45, 2.75) is 26.8 Å². The molecule has 0 radical (unpaired) electrons. The van der Waals surface area contributed by atoms with Gasteiger partial charge in [-0.3, -0.25) is 10.1 Å². The maximum absolute atomic E-state index is 10.9. The molecular weight excluding hydrogens is 471 g/mol. The first-order valence-electron chi connectivity index (χ1n) is 8.92. The molecule has 0 amide bonds. The Hall–Kier alpha value is -2.36. The van der Waals surface area contributed by atoms with Gasteiger partial charge in [0.2, 0.25) is 0 Å². The fraction of sp³-hybridized carbons (Fsp3) is 0.350. The van der Waals surface area contributed by atoms with E-state index in [0.717, 1.165) is 29.8 Å². The molecule has 7 nitrogen and oxygen atoms in total. The predicted octanol–water partition coefficient (Wildman–Crippen LogP) is 3.83. The molecule has 2 aromatic carbocycles. The van der Waals surface area contributed by atoms with E-state index in [4.69, 9.17) is 4.74 Å². The summed E-state index contributed by atoms with van der Waals surface area (Å²) in [7, 11) is 1.67. The fourth-order valence-corrected chi connectivity index (χ4v) is 2.70. The van der Waals surface area contributed by atoms with Gasteiger partial charge in [0.05, 0.1) is 18.6 Å². The maximum Gasteiger partial charge on any atom is 0.269 e. The molecule has 2 rings (SSSR count). The van der Waals surface area contributed by atoms with Crippen LogP contribution in [0.1, 0.15) is 23.6 Å². The highest BCUT2D eigenvalue weighted by Gasteiger charge is 2.06. The first kappa shape index (κ1) is 23.7. The number of hydrogen-bond acceptors (Lipinski definition) is 4. The highest BCUT2D eigenvalue weighted by Crippen LogP contribution is 2.19. The van der Waals surface area contributed by atoms with Crippen molar-refractivity contribution < 1.29 is 9.66 Å². The lowest BCUT2D eigenvalue weighted by Crippen LogP contribution is -2.38. The second kappa shape index (κ2) is 12.2. The average molecular weight is 498 g/mol. The first-order valence-corrected chi connectivity index (χ1v) is 8.92. The number of guanidine groups is 1. The molecule has 0 atom stereocenters. The Morgan fingerprint density at radius 3 is 2.68 bits per heavy atom. The van der Waals surface area contributed by atoms with Crippen LogP contribution in [-0.2, 0) is 13.0 Å². The lowest BCUT2D eigenvalue weighted by molar-refractivity contribution is -0.384. The average Bonchev–Trinajstić information content (AvgIpc) is 2.66. The highest BCUT2D eigenvalue weighted by atomic mass is 127. The van der Waals surface area contributed by atoms with E-state index >= 15 is 0 Å². The molecule has 0 aliphatic rings. The number of halogens is 1. The van der Waals surface area contributed by atoms with E-state index in [-0.39, 0.29) is 29.7 Å². The quantitative estimate of drug-likeness (QED) is 0.190. The van der Waals surface area contributed by atoms with E-state index in [2.05, 4.69) is 28.6 Å². The summed E-state index contributed by atoms with van der Waals surface area (Å²) < 4.78 is 5.41. The van der Waals surface area contributed by atoms with Crippen molar-refractivity contribution in [2.24, 2.45) is 4.99 Å². The van der Waals surface area contributed by atoms with Gasteiger partial charge >= 0.3 is 0 Å². The Bertz CT molecular complexity index is 812. The van der Waals surface area contributed by atoms with E-state index in [9.17, 15) is 10.1 Å². The third-order valence-electron chi connectivity index (χ3n) is 4.01. The minimum Gasteiger partial charge on any atom is -0.496 e. The number of aryl methyl sites for hydroxylation is 1. The molecule has 0 aromatic heterocycles. The molecular formula is C20H27IN4O3. The zero-order chi connectivity index (χ0) is 19.6. The van der Waals surface area contributed by atoms with Gasteiger partial charge in [0, 0.05) is 25.2 Å². The van der Waals surface area contributed by atoms with E-state index in [1.165, 1.54) is 11.6 Å². The molecule has 0 unspecified atom stereocenters. The SMILES string of the molecule is CCNC(=NCc1cccc([N+](=O)[O-])c1)NCCc1cc(C)ccc1OC.I. The van der Waals surface area contributed by atoms with E-state index in [1.807, 2.05) is 25.1 Å². The van der Waals surface area contributed by atoms with Gasteiger partial charge in [-0.25, -0.2) is 4.99 Å². The Morgan fingerprint density at radius 1 is 1.21 bits per heavy atom. The van der Waals surface area contributed by atoms with Crippen molar-refractivity contribution in [1.82, 2.24) is 10.6 Å². The lowest BCUT2D eigenvalue weighted by atomic mass is 10.1. The second-order valence-electron chi connectivity index (χ2n) is 6.11. The number of benzene rings is 2. The zero-order valence-corrected chi connectivity index (χ0v) is 18.7. The van der Waals surface area contributed by atoms with E-state index < -0.39 is 4.92 Å². The maximum atomic E-state index is 10.9. The number of methoxy groups -OCH3 is 1. The van der Waals surface area contributed by atoms with Gasteiger partial charge in [-0.05, 0) is 37.5 Å². The highest BCUT2D eigenvalue weighted by molar-refractivity contribution is 14.0. The summed E-state index contributed by atoms with van der Waals surface area (Å²) in [6.07, 6.45) is 0.798. The summed E-state index contributed by atoms with van der Waals surface area (Å²) in [6, 6.07) is 12.7. The van der Waals surface area contributed by atoms with Crippen LogP contribution in [0.2, 0.25) is 0 Å². The van der Waals surface area contributed by atoms with Crippen molar-refractivity contribution in [3.05, 3.63) is 69.3 Å². The topological polar surface area (TPSA) is 88.8 Å². The summed E-state index contributed by atoms with van der Waals surface area (Å²) in [4.78, 5) is 15.0. The van der Waals surface area contributed by atoms with Crippen LogP contribution in [0.15, 0.2) is 47.5 Å². The minimum atomic E-state index is -0.397. The molecule has 8 heteroatoms. The van der Waals surface area contributed by atoms with Crippen LogP contribution in [0.3, 0.4) is 0 Å². The van der Waals surface area contributed by atoms with Crippen molar-refractivity contribution in [3.63, 3.8) is 0 Å². The molecule has 0 saturated carbocycles. The van der Waals surface area contributed by atoms with Gasteiger partial charge in [-0.2, -0.15) is 0 Å². The first-order chi connectivity index (χ1) is 13.0. The monoisotopic (exact) mass is 498 g/mol. The Morgan fingerprint density at radius 2 is 2.00 bits per heavy atom. The molecule has 0 bridgehead atoms. The van der Waals surface area contributed by atoms with Crippen molar-refractivity contribution in [3.8, 4) is 5.75 Å². The summed E-state index contributed by atoms with van der Waals surface area (Å²) in [5, 5.41) is 17.4. The third kappa shape index (κ3) is 7.34. The molecule has 28 heavy (non-hydrogen) atoms. The number of nitrogens with one attached hydrogen (secondary N) is 2.